The van der Waals surface area contributed by atoms with Crippen LogP contribution in [0.2, 0.25) is 0 Å². The van der Waals surface area contributed by atoms with Gasteiger partial charge in [0.25, 0.3) is 5.91 Å². The van der Waals surface area contributed by atoms with Gasteiger partial charge in [-0.05, 0) is 55.7 Å². The largest absolute Gasteiger partial charge is 0.507 e. The summed E-state index contributed by atoms with van der Waals surface area (Å²) in [7, 11) is 2.61. The highest BCUT2D eigenvalue weighted by atomic mass is 16.4. The smallest absolute Gasteiger partial charge is 0.325 e. The van der Waals surface area contributed by atoms with Crippen molar-refractivity contribution in [1.29, 1.82) is 0 Å². The number of nitrogens with zero attached hydrogens (tertiary/aromatic N) is 2. The molecule has 0 fully saturated rings. The molecule has 3 rings (SSSR count). The van der Waals surface area contributed by atoms with E-state index in [-0.39, 0.29) is 46.9 Å². The maximum atomic E-state index is 14.0. The molecular weight excluding hydrogens is 881 g/mol. The molecule has 11 N–H and O–H groups in total. The topological polar surface area (TPSA) is 310 Å². The third-order valence-electron chi connectivity index (χ3n) is 12.1. The number of aliphatic carboxylic acids is 1. The average molecular weight is 953 g/mol. The molecule has 2 aromatic carbocycles. The summed E-state index contributed by atoms with van der Waals surface area (Å²) in [6.07, 6.45) is 13.1. The molecule has 7 amide bonds. The number of phenolic OH excluding ortho intramolecular Hbond substituents is 2. The SMILES string of the molecule is CCCCCCCCCCCCCCCC(=O)N(C)C(CO)C(=O)NC(N)C(=O)NCC(=O)N(C)C1C(=O)NC(C)C(=O)NC(C(=O)NC(C)C(=O)O)Cc2ccc(O)c(c2)-c2cc1ccc2O. The maximum absolute atomic E-state index is 14.0. The lowest BCUT2D eigenvalue weighted by Crippen LogP contribution is -2.59. The first-order valence-electron chi connectivity index (χ1n) is 23.6. The Labute approximate surface area is 398 Å². The quantitative estimate of drug-likeness (QED) is 0.0505. The van der Waals surface area contributed by atoms with Crippen molar-refractivity contribution in [3.8, 4) is 22.6 Å². The minimum Gasteiger partial charge on any atom is -0.507 e. The van der Waals surface area contributed by atoms with Crippen molar-refractivity contribution in [2.45, 2.75) is 153 Å². The standard InChI is InChI=1S/C48H72N8O12/c1-6-7-8-9-10-11-12-13-14-15-16-17-18-19-39(60)55(4)36(28-57)45(64)54-42(49)47(66)50-27-40(61)56(5)41-32-21-23-38(59)34(26-32)33-24-31(20-22-37(33)58)25-35(44(63)52-30(3)48(67)68)53-43(62)29(2)51-46(41)65/h20-24,26,29-30,35-36,41-42,57-59H,6-19,25,27-28,49H2,1-5H3,(H,50,66)(H,51,65)(H,52,63)(H,53,62)(H,54,64)(H,67,68). The Balaban J connectivity index is 1.65. The van der Waals surface area contributed by atoms with Crippen molar-refractivity contribution in [3.63, 3.8) is 0 Å². The fourth-order valence-corrected chi connectivity index (χ4v) is 7.77. The number of aliphatic hydroxyl groups excluding tert-OH is 1. The number of likely N-dealkylation sites (N-methyl/N-ethyl adjacent to an activating group) is 2. The molecule has 4 bridgehead atoms. The van der Waals surface area contributed by atoms with E-state index >= 15 is 0 Å². The van der Waals surface area contributed by atoms with E-state index < -0.39 is 90.9 Å². The zero-order chi connectivity index (χ0) is 50.5. The molecule has 20 heteroatoms. The van der Waals surface area contributed by atoms with Crippen LogP contribution in [0.1, 0.15) is 128 Å². The number of fused-ring (bicyclic) bond motifs is 5. The van der Waals surface area contributed by atoms with Crippen molar-refractivity contribution in [3.05, 3.63) is 47.5 Å². The van der Waals surface area contributed by atoms with Gasteiger partial charge in [0.15, 0.2) is 6.17 Å². The summed E-state index contributed by atoms with van der Waals surface area (Å²) in [6, 6.07) is 1.23. The maximum Gasteiger partial charge on any atom is 0.325 e. The summed E-state index contributed by atoms with van der Waals surface area (Å²) in [4.78, 5) is 107. The van der Waals surface area contributed by atoms with Gasteiger partial charge >= 0.3 is 5.97 Å². The van der Waals surface area contributed by atoms with Gasteiger partial charge in [0.1, 0.15) is 41.7 Å². The number of nitrogens with two attached hydrogens (primary N) is 1. The van der Waals surface area contributed by atoms with Crippen LogP contribution in [0.25, 0.3) is 11.1 Å². The normalized spacial score (nSPS) is 17.2. The molecule has 2 aromatic rings. The number of unbranched alkanes of at least 4 members (excludes halogenated alkanes) is 12. The molecule has 0 radical (unpaired) electrons. The second kappa shape index (κ2) is 28.1. The molecule has 6 atom stereocenters. The highest BCUT2D eigenvalue weighted by Gasteiger charge is 2.34. The average Bonchev–Trinajstić information content (AvgIpc) is 3.30. The molecule has 0 spiro atoms. The van der Waals surface area contributed by atoms with Crippen LogP contribution in [0, 0.1) is 0 Å². The van der Waals surface area contributed by atoms with Crippen molar-refractivity contribution in [1.82, 2.24) is 36.4 Å². The molecule has 0 saturated carbocycles. The van der Waals surface area contributed by atoms with Crippen molar-refractivity contribution in [2.24, 2.45) is 5.73 Å². The van der Waals surface area contributed by atoms with Gasteiger partial charge in [-0.3, -0.25) is 38.4 Å². The van der Waals surface area contributed by atoms with E-state index in [1.165, 1.54) is 116 Å². The van der Waals surface area contributed by atoms with E-state index in [1.807, 2.05) is 0 Å². The number of benzene rings is 2. The van der Waals surface area contributed by atoms with Crippen molar-refractivity contribution < 1.29 is 58.8 Å². The Morgan fingerprint density at radius 1 is 0.765 bits per heavy atom. The Hall–Kier alpha value is -6.28. The molecule has 1 aliphatic rings. The minimum atomic E-state index is -1.72. The number of hydrogen-bond donors (Lipinski definition) is 10. The van der Waals surface area contributed by atoms with Crippen LogP contribution in [0.3, 0.4) is 0 Å². The van der Waals surface area contributed by atoms with Crippen molar-refractivity contribution in [2.75, 3.05) is 27.2 Å². The van der Waals surface area contributed by atoms with Crippen LogP contribution in [0.15, 0.2) is 36.4 Å². The number of carbonyl (C=O) groups is 8. The fraction of sp³-hybridized carbons (Fsp3) is 0.583. The third kappa shape index (κ3) is 17.1. The Bertz CT molecular complexity index is 2070. The fourth-order valence-electron chi connectivity index (χ4n) is 7.77. The van der Waals surface area contributed by atoms with Gasteiger partial charge in [0.2, 0.25) is 35.4 Å². The van der Waals surface area contributed by atoms with E-state index in [0.717, 1.165) is 35.5 Å². The summed E-state index contributed by atoms with van der Waals surface area (Å²) in [5, 5.41) is 53.2. The van der Waals surface area contributed by atoms with Crippen LogP contribution in [0.5, 0.6) is 11.5 Å². The molecular formula is C48H72N8O12. The second-order valence-electron chi connectivity index (χ2n) is 17.5. The molecule has 0 saturated heterocycles. The molecule has 68 heavy (non-hydrogen) atoms. The number of carboxylic acid groups (broad SMARTS) is 1. The Kier molecular flexibility index (Phi) is 23.2. The number of carbonyl (C=O) groups excluding carboxylic acids is 7. The molecule has 0 aliphatic carbocycles. The number of aliphatic hydroxyl groups is 1. The van der Waals surface area contributed by atoms with E-state index in [4.69, 9.17) is 5.73 Å². The lowest BCUT2D eigenvalue weighted by Gasteiger charge is -2.30. The summed E-state index contributed by atoms with van der Waals surface area (Å²) < 4.78 is 0. The first-order valence-corrected chi connectivity index (χ1v) is 23.6. The van der Waals surface area contributed by atoms with E-state index in [9.17, 15) is 58.8 Å². The highest BCUT2D eigenvalue weighted by molar-refractivity contribution is 5.97. The van der Waals surface area contributed by atoms with Gasteiger partial charge < -0.3 is 62.5 Å². The van der Waals surface area contributed by atoms with Gasteiger partial charge in [0, 0.05) is 38.1 Å². The number of nitrogens with one attached hydrogen (secondary N) is 5. The molecule has 20 nitrogen and oxygen atoms in total. The summed E-state index contributed by atoms with van der Waals surface area (Å²) in [5.74, 6) is -7.71. The van der Waals surface area contributed by atoms with Gasteiger partial charge in [0.05, 0.1) is 13.2 Å². The van der Waals surface area contributed by atoms with E-state index in [1.54, 1.807) is 0 Å². The van der Waals surface area contributed by atoms with E-state index in [0.29, 0.717) is 12.0 Å². The molecule has 376 valence electrons. The number of rotatable bonds is 25. The van der Waals surface area contributed by atoms with Crippen LogP contribution < -0.4 is 32.3 Å². The monoisotopic (exact) mass is 953 g/mol. The number of amides is 7. The third-order valence-corrected chi connectivity index (χ3v) is 12.1. The Morgan fingerprint density at radius 2 is 1.32 bits per heavy atom. The summed E-state index contributed by atoms with van der Waals surface area (Å²) in [6.45, 7) is 3.26. The van der Waals surface area contributed by atoms with Crippen LogP contribution in [-0.2, 0) is 44.8 Å². The van der Waals surface area contributed by atoms with Crippen LogP contribution in [0.4, 0.5) is 0 Å². The Morgan fingerprint density at radius 3 is 1.90 bits per heavy atom. The number of aromatic hydroxyl groups is 2. The van der Waals surface area contributed by atoms with Gasteiger partial charge in [-0.2, -0.15) is 0 Å². The predicted octanol–water partition coefficient (Wildman–Crippen LogP) is 2.22. The predicted molar refractivity (Wildman–Crippen MR) is 252 cm³/mol. The van der Waals surface area contributed by atoms with Crippen LogP contribution in [-0.4, -0.2) is 135 Å². The van der Waals surface area contributed by atoms with Gasteiger partial charge in [-0.25, -0.2) is 0 Å². The lowest BCUT2D eigenvalue weighted by molar-refractivity contribution is -0.142. The van der Waals surface area contributed by atoms with Crippen molar-refractivity contribution >= 4 is 47.3 Å². The van der Waals surface area contributed by atoms with Gasteiger partial charge in [-0.15, -0.1) is 0 Å². The highest BCUT2D eigenvalue weighted by Crippen LogP contribution is 2.38. The minimum absolute atomic E-state index is 0.0262. The first kappa shape index (κ1) is 56.0. The molecule has 6 unspecified atom stereocenters. The van der Waals surface area contributed by atoms with E-state index in [2.05, 4.69) is 33.5 Å². The lowest BCUT2D eigenvalue weighted by atomic mass is 9.93. The van der Waals surface area contributed by atoms with Crippen LogP contribution >= 0.6 is 0 Å². The summed E-state index contributed by atoms with van der Waals surface area (Å²) in [5.41, 5.74) is 6.55. The molecule has 1 aliphatic heterocycles. The number of phenols is 2. The zero-order valence-corrected chi connectivity index (χ0v) is 40.0. The molecule has 0 aromatic heterocycles. The first-order chi connectivity index (χ1) is 32.3. The molecule has 1 heterocycles. The van der Waals surface area contributed by atoms with Gasteiger partial charge in [-0.1, -0.05) is 96.1 Å². The second-order valence-corrected chi connectivity index (χ2v) is 17.5. The summed E-state index contributed by atoms with van der Waals surface area (Å²) >= 11 is 0. The number of carboxylic acids is 1. The zero-order valence-electron chi connectivity index (χ0n) is 40.0. The number of hydrogen-bond acceptors (Lipinski definition) is 12.